The number of benzene rings is 1. The minimum absolute atomic E-state index is 0.0334. The molecule has 0 spiro atoms. The molecule has 7 heteroatoms. The Morgan fingerprint density at radius 3 is 2.86 bits per heavy atom. The number of nitrogens with one attached hydrogen (secondary N) is 1. The molecule has 2 amide bonds. The first-order chi connectivity index (χ1) is 13.5. The van der Waals surface area contributed by atoms with Crippen LogP contribution in [0.15, 0.2) is 30.5 Å². The Morgan fingerprint density at radius 2 is 2.14 bits per heavy atom. The minimum atomic E-state index is -0.223. The fourth-order valence-corrected chi connectivity index (χ4v) is 3.51. The maximum absolute atomic E-state index is 12.6. The average molecular weight is 382 g/mol. The van der Waals surface area contributed by atoms with E-state index in [4.69, 9.17) is 4.74 Å². The number of nitrogens with zero attached hydrogens (tertiary/aromatic N) is 3. The zero-order valence-electron chi connectivity index (χ0n) is 16.6. The van der Waals surface area contributed by atoms with Crippen LogP contribution in [-0.4, -0.2) is 40.3 Å². The molecule has 1 aromatic heterocycles. The van der Waals surface area contributed by atoms with Gasteiger partial charge < -0.3 is 15.0 Å². The van der Waals surface area contributed by atoms with Gasteiger partial charge >= 0.3 is 0 Å². The SMILES string of the molecule is COc1cccc(CNC(=O)c2cnc([C@@H]3CCCCN3C(C)=O)nc2C)c1. The highest BCUT2D eigenvalue weighted by molar-refractivity contribution is 5.94. The highest BCUT2D eigenvalue weighted by Crippen LogP contribution is 2.29. The third kappa shape index (κ3) is 4.47. The van der Waals surface area contributed by atoms with Crippen molar-refractivity contribution in [3.05, 3.63) is 53.1 Å². The number of aryl methyl sites for hydroxylation is 1. The van der Waals surface area contributed by atoms with Gasteiger partial charge in [0.25, 0.3) is 5.91 Å². The maximum Gasteiger partial charge on any atom is 0.254 e. The number of hydrogen-bond acceptors (Lipinski definition) is 5. The maximum atomic E-state index is 12.6. The molecule has 1 aromatic carbocycles. The second-order valence-electron chi connectivity index (χ2n) is 6.99. The van der Waals surface area contributed by atoms with Crippen molar-refractivity contribution in [1.29, 1.82) is 0 Å². The van der Waals surface area contributed by atoms with E-state index in [0.29, 0.717) is 23.6 Å². The van der Waals surface area contributed by atoms with E-state index in [1.807, 2.05) is 29.2 Å². The topological polar surface area (TPSA) is 84.4 Å². The summed E-state index contributed by atoms with van der Waals surface area (Å²) in [5, 5.41) is 2.89. The van der Waals surface area contributed by atoms with Crippen molar-refractivity contribution in [3.63, 3.8) is 0 Å². The van der Waals surface area contributed by atoms with E-state index in [9.17, 15) is 9.59 Å². The summed E-state index contributed by atoms with van der Waals surface area (Å²) in [5.41, 5.74) is 2.00. The summed E-state index contributed by atoms with van der Waals surface area (Å²) in [4.78, 5) is 35.3. The van der Waals surface area contributed by atoms with Crippen molar-refractivity contribution in [2.45, 2.75) is 45.7 Å². The summed E-state index contributed by atoms with van der Waals surface area (Å²) in [6, 6.07) is 7.44. The van der Waals surface area contributed by atoms with Gasteiger partial charge in [-0.25, -0.2) is 9.97 Å². The lowest BCUT2D eigenvalue weighted by Crippen LogP contribution is -2.38. The quantitative estimate of drug-likeness (QED) is 0.860. The first kappa shape index (κ1) is 19.8. The van der Waals surface area contributed by atoms with Crippen molar-refractivity contribution >= 4 is 11.8 Å². The van der Waals surface area contributed by atoms with E-state index in [1.165, 1.54) is 0 Å². The first-order valence-corrected chi connectivity index (χ1v) is 9.51. The lowest BCUT2D eigenvalue weighted by molar-refractivity contribution is -0.132. The fraction of sp³-hybridized carbons (Fsp3) is 0.429. The molecule has 1 saturated heterocycles. The van der Waals surface area contributed by atoms with Crippen LogP contribution in [0.2, 0.25) is 0 Å². The Hall–Kier alpha value is -2.96. The van der Waals surface area contributed by atoms with Gasteiger partial charge in [0.1, 0.15) is 5.75 Å². The molecule has 3 rings (SSSR count). The summed E-state index contributed by atoms with van der Waals surface area (Å²) < 4.78 is 5.20. The van der Waals surface area contributed by atoms with Gasteiger partial charge in [-0.2, -0.15) is 0 Å². The fourth-order valence-electron chi connectivity index (χ4n) is 3.51. The van der Waals surface area contributed by atoms with Crippen LogP contribution in [0, 0.1) is 6.92 Å². The number of hydrogen-bond donors (Lipinski definition) is 1. The lowest BCUT2D eigenvalue weighted by Gasteiger charge is -2.34. The lowest BCUT2D eigenvalue weighted by atomic mass is 10.0. The molecule has 2 aromatic rings. The van der Waals surface area contributed by atoms with Crippen LogP contribution in [0.3, 0.4) is 0 Å². The summed E-state index contributed by atoms with van der Waals surface area (Å²) >= 11 is 0. The molecule has 7 nitrogen and oxygen atoms in total. The van der Waals surface area contributed by atoms with E-state index in [-0.39, 0.29) is 17.9 Å². The average Bonchev–Trinajstić information content (AvgIpc) is 2.72. The summed E-state index contributed by atoms with van der Waals surface area (Å²) in [6.07, 6.45) is 4.45. The van der Waals surface area contributed by atoms with Crippen LogP contribution < -0.4 is 10.1 Å². The summed E-state index contributed by atoms with van der Waals surface area (Å²) in [6.45, 7) is 4.49. The van der Waals surface area contributed by atoms with E-state index in [2.05, 4.69) is 15.3 Å². The van der Waals surface area contributed by atoms with E-state index < -0.39 is 0 Å². The monoisotopic (exact) mass is 382 g/mol. The van der Waals surface area contributed by atoms with Gasteiger partial charge in [0.2, 0.25) is 5.91 Å². The first-order valence-electron chi connectivity index (χ1n) is 9.51. The molecule has 1 aliphatic heterocycles. The van der Waals surface area contributed by atoms with Gasteiger partial charge in [0.05, 0.1) is 24.4 Å². The Kier molecular flexibility index (Phi) is 6.23. The molecule has 1 fully saturated rings. The van der Waals surface area contributed by atoms with Crippen LogP contribution in [-0.2, 0) is 11.3 Å². The number of carbonyl (C=O) groups excluding carboxylic acids is 2. The minimum Gasteiger partial charge on any atom is -0.497 e. The van der Waals surface area contributed by atoms with Crippen molar-refractivity contribution in [3.8, 4) is 5.75 Å². The van der Waals surface area contributed by atoms with Crippen molar-refractivity contribution in [2.75, 3.05) is 13.7 Å². The van der Waals surface area contributed by atoms with Gasteiger partial charge in [-0.15, -0.1) is 0 Å². The van der Waals surface area contributed by atoms with Crippen LogP contribution in [0.1, 0.15) is 59.7 Å². The van der Waals surface area contributed by atoms with Gasteiger partial charge in [0.15, 0.2) is 5.82 Å². The predicted octanol–water partition coefficient (Wildman–Crippen LogP) is 2.80. The number of likely N-dealkylation sites (tertiary alicyclic amines) is 1. The predicted molar refractivity (Wildman–Crippen MR) is 105 cm³/mol. The molecule has 1 N–H and O–H groups in total. The third-order valence-corrected chi connectivity index (χ3v) is 5.04. The van der Waals surface area contributed by atoms with Crippen molar-refractivity contribution in [1.82, 2.24) is 20.2 Å². The number of aromatic nitrogens is 2. The molecule has 0 unspecified atom stereocenters. The Labute approximate surface area is 165 Å². The molecule has 2 heterocycles. The molecule has 148 valence electrons. The smallest absolute Gasteiger partial charge is 0.254 e. The number of methoxy groups -OCH3 is 1. The van der Waals surface area contributed by atoms with Crippen molar-refractivity contribution in [2.24, 2.45) is 0 Å². The number of ether oxygens (including phenoxy) is 1. The summed E-state index contributed by atoms with van der Waals surface area (Å²) in [5.74, 6) is 1.17. The van der Waals surface area contributed by atoms with Gasteiger partial charge in [-0.3, -0.25) is 9.59 Å². The van der Waals surface area contributed by atoms with Gasteiger partial charge in [-0.05, 0) is 43.9 Å². The van der Waals surface area contributed by atoms with Crippen LogP contribution in [0.25, 0.3) is 0 Å². The number of rotatable bonds is 5. The Morgan fingerprint density at radius 1 is 1.32 bits per heavy atom. The normalized spacial score (nSPS) is 16.5. The Balaban J connectivity index is 1.70. The molecule has 0 saturated carbocycles. The molecule has 0 bridgehead atoms. The van der Waals surface area contributed by atoms with E-state index in [0.717, 1.165) is 37.1 Å². The summed E-state index contributed by atoms with van der Waals surface area (Å²) in [7, 11) is 1.61. The molecule has 28 heavy (non-hydrogen) atoms. The van der Waals surface area contributed by atoms with Crippen LogP contribution >= 0.6 is 0 Å². The number of piperidine rings is 1. The number of carbonyl (C=O) groups is 2. The number of amides is 2. The van der Waals surface area contributed by atoms with Gasteiger partial charge in [-0.1, -0.05) is 12.1 Å². The zero-order valence-corrected chi connectivity index (χ0v) is 16.6. The van der Waals surface area contributed by atoms with E-state index in [1.54, 1.807) is 27.2 Å². The molecular weight excluding hydrogens is 356 g/mol. The Bertz CT molecular complexity index is 868. The molecular formula is C21H26N4O3. The standard InChI is InChI=1S/C21H26N4O3/c1-14-18(21(27)23-12-16-7-6-8-17(11-16)28-3)13-22-20(24-14)19-9-4-5-10-25(19)15(2)26/h6-8,11,13,19H,4-5,9-10,12H2,1-3H3,(H,23,27)/t19-/m0/s1. The van der Waals surface area contributed by atoms with E-state index >= 15 is 0 Å². The second-order valence-corrected chi connectivity index (χ2v) is 6.99. The zero-order chi connectivity index (χ0) is 20.1. The van der Waals surface area contributed by atoms with Crippen molar-refractivity contribution < 1.29 is 14.3 Å². The third-order valence-electron chi connectivity index (χ3n) is 5.04. The highest BCUT2D eigenvalue weighted by atomic mass is 16.5. The molecule has 0 radical (unpaired) electrons. The van der Waals surface area contributed by atoms with Gasteiger partial charge in [0, 0.05) is 26.2 Å². The molecule has 1 atom stereocenters. The second kappa shape index (κ2) is 8.82. The largest absolute Gasteiger partial charge is 0.497 e. The molecule has 1 aliphatic rings. The van der Waals surface area contributed by atoms with Crippen LogP contribution in [0.5, 0.6) is 5.75 Å². The van der Waals surface area contributed by atoms with Crippen LogP contribution in [0.4, 0.5) is 0 Å². The highest BCUT2D eigenvalue weighted by Gasteiger charge is 2.28. The molecule has 0 aliphatic carbocycles.